The summed E-state index contributed by atoms with van der Waals surface area (Å²) in [5, 5.41) is 22.2. The van der Waals surface area contributed by atoms with Gasteiger partial charge in [0.05, 0.1) is 12.1 Å². The molecule has 2 aliphatic rings. The number of alkyl halides is 1. The summed E-state index contributed by atoms with van der Waals surface area (Å²) in [6.07, 6.45) is -3.00. The van der Waals surface area contributed by atoms with Crippen molar-refractivity contribution in [3.8, 4) is 0 Å². The van der Waals surface area contributed by atoms with Gasteiger partial charge in [-0.2, -0.15) is 0 Å². The van der Waals surface area contributed by atoms with Crippen molar-refractivity contribution in [3.05, 3.63) is 0 Å². The average molecular weight is 264 g/mol. The Morgan fingerprint density at radius 2 is 2.35 bits per heavy atom. The van der Waals surface area contributed by atoms with E-state index in [1.807, 2.05) is 6.92 Å². The van der Waals surface area contributed by atoms with Crippen LogP contribution in [0.15, 0.2) is 4.99 Å². The van der Waals surface area contributed by atoms with Crippen LogP contribution in [-0.4, -0.2) is 58.4 Å². The lowest BCUT2D eigenvalue weighted by atomic mass is 9.97. The first-order valence-electron chi connectivity index (χ1n) is 5.73. The van der Waals surface area contributed by atoms with Crippen molar-refractivity contribution in [2.45, 2.75) is 43.2 Å². The summed E-state index contributed by atoms with van der Waals surface area (Å²) in [6, 6.07) is -0.560. The molecule has 2 aliphatic heterocycles. The zero-order chi connectivity index (χ0) is 12.4. The minimum absolute atomic E-state index is 0.125. The average Bonchev–Trinajstić information content (AvgIpc) is 2.69. The number of fused-ring (bicyclic) bond motifs is 1. The van der Waals surface area contributed by atoms with Gasteiger partial charge in [-0.05, 0) is 13.3 Å². The van der Waals surface area contributed by atoms with Crippen molar-refractivity contribution in [3.63, 3.8) is 0 Å². The van der Waals surface area contributed by atoms with Crippen molar-refractivity contribution < 1.29 is 19.3 Å². The Hall–Kier alpha value is -0.370. The van der Waals surface area contributed by atoms with Crippen LogP contribution < -0.4 is 5.32 Å². The number of nitrogens with zero attached hydrogens (tertiary/aromatic N) is 1. The second-order valence-corrected chi connectivity index (χ2v) is 5.14. The standard InChI is InChI=1S/C10H17FN2O3S/c1-2-12-10-13-7-6(11)8(15)5(3-4-14)16-9(7)17-10/h5-9,14-15H,2-4H2,1H3,(H,12,13)/t5-,6-,7-,8-,9-/m1/s1. The van der Waals surface area contributed by atoms with Gasteiger partial charge in [-0.1, -0.05) is 11.8 Å². The summed E-state index contributed by atoms with van der Waals surface area (Å²) >= 11 is 1.34. The first-order valence-corrected chi connectivity index (χ1v) is 6.61. The van der Waals surface area contributed by atoms with E-state index in [0.29, 0.717) is 11.7 Å². The first-order chi connectivity index (χ1) is 8.17. The molecule has 0 amide bonds. The molecule has 5 nitrogen and oxygen atoms in total. The number of thioether (sulfide) groups is 1. The summed E-state index contributed by atoms with van der Waals surface area (Å²) < 4.78 is 19.6. The van der Waals surface area contributed by atoms with Crippen LogP contribution in [0, 0.1) is 0 Å². The monoisotopic (exact) mass is 264 g/mol. The number of rotatable bonds is 3. The molecule has 5 atom stereocenters. The minimum atomic E-state index is -1.40. The summed E-state index contributed by atoms with van der Waals surface area (Å²) in [6.45, 7) is 2.39. The summed E-state index contributed by atoms with van der Waals surface area (Å²) in [7, 11) is 0. The van der Waals surface area contributed by atoms with Crippen LogP contribution in [0.3, 0.4) is 0 Å². The van der Waals surface area contributed by atoms with Gasteiger partial charge in [0.25, 0.3) is 0 Å². The maximum Gasteiger partial charge on any atom is 0.159 e. The van der Waals surface area contributed by atoms with Gasteiger partial charge in [0, 0.05) is 13.2 Å². The van der Waals surface area contributed by atoms with E-state index in [4.69, 9.17) is 9.84 Å². The molecule has 2 saturated heterocycles. The second-order valence-electron chi connectivity index (χ2n) is 4.06. The number of aliphatic hydroxyl groups excluding tert-OH is 2. The molecule has 98 valence electrons. The zero-order valence-corrected chi connectivity index (χ0v) is 10.4. The third-order valence-corrected chi connectivity index (χ3v) is 3.99. The topological polar surface area (TPSA) is 74.1 Å². The molecule has 0 radical (unpaired) electrons. The predicted molar refractivity (Wildman–Crippen MR) is 63.8 cm³/mol. The number of halogens is 1. The van der Waals surface area contributed by atoms with Gasteiger partial charge in [-0.3, -0.25) is 4.99 Å². The third-order valence-electron chi connectivity index (χ3n) is 2.89. The van der Waals surface area contributed by atoms with E-state index in [9.17, 15) is 9.50 Å². The molecule has 0 aromatic carbocycles. The largest absolute Gasteiger partial charge is 0.396 e. The van der Waals surface area contributed by atoms with Gasteiger partial charge < -0.3 is 20.3 Å². The quantitative estimate of drug-likeness (QED) is 0.662. The van der Waals surface area contributed by atoms with Crippen LogP contribution in [0.1, 0.15) is 13.3 Å². The fraction of sp³-hybridized carbons (Fsp3) is 0.900. The number of aliphatic hydroxyl groups is 2. The smallest absolute Gasteiger partial charge is 0.159 e. The molecule has 0 unspecified atom stereocenters. The van der Waals surface area contributed by atoms with Crippen molar-refractivity contribution in [1.82, 2.24) is 5.32 Å². The van der Waals surface area contributed by atoms with Crippen LogP contribution >= 0.6 is 11.8 Å². The molecule has 2 heterocycles. The molecular formula is C10H17FN2O3S. The molecule has 0 aliphatic carbocycles. The molecule has 0 spiro atoms. The maximum absolute atomic E-state index is 14.0. The zero-order valence-electron chi connectivity index (χ0n) is 9.54. The van der Waals surface area contributed by atoms with E-state index in [1.54, 1.807) is 0 Å². The van der Waals surface area contributed by atoms with Crippen LogP contribution in [0.4, 0.5) is 4.39 Å². The molecular weight excluding hydrogens is 247 g/mol. The van der Waals surface area contributed by atoms with Gasteiger partial charge >= 0.3 is 0 Å². The third kappa shape index (κ3) is 2.57. The second kappa shape index (κ2) is 5.51. The van der Waals surface area contributed by atoms with E-state index in [0.717, 1.165) is 0 Å². The number of aliphatic imine (C=N–C) groups is 1. The Morgan fingerprint density at radius 1 is 1.59 bits per heavy atom. The Labute approximate surface area is 103 Å². The number of hydrogen-bond donors (Lipinski definition) is 3. The Morgan fingerprint density at radius 3 is 3.00 bits per heavy atom. The Kier molecular flexibility index (Phi) is 4.24. The molecule has 0 aromatic rings. The van der Waals surface area contributed by atoms with Gasteiger partial charge in [-0.15, -0.1) is 0 Å². The molecule has 7 heteroatoms. The normalized spacial score (nSPS) is 43.5. The molecule has 17 heavy (non-hydrogen) atoms. The van der Waals surface area contributed by atoms with E-state index in [2.05, 4.69) is 10.3 Å². The lowest BCUT2D eigenvalue weighted by molar-refractivity contribution is -0.139. The first kappa shape index (κ1) is 13.1. The van der Waals surface area contributed by atoms with E-state index >= 15 is 0 Å². The van der Waals surface area contributed by atoms with E-state index in [1.165, 1.54) is 11.8 Å². The highest BCUT2D eigenvalue weighted by molar-refractivity contribution is 8.14. The number of hydrogen-bond acceptors (Lipinski definition) is 5. The Bertz CT molecular complexity index is 305. The van der Waals surface area contributed by atoms with Crippen molar-refractivity contribution in [1.29, 1.82) is 0 Å². The van der Waals surface area contributed by atoms with Crippen LogP contribution in [0.5, 0.6) is 0 Å². The molecule has 0 saturated carbocycles. The summed E-state index contributed by atoms with van der Waals surface area (Å²) in [5.41, 5.74) is -0.379. The van der Waals surface area contributed by atoms with Crippen LogP contribution in [-0.2, 0) is 4.74 Å². The number of amidine groups is 1. The number of ether oxygens (including phenoxy) is 1. The molecule has 2 fully saturated rings. The molecule has 0 aromatic heterocycles. The predicted octanol–water partition coefficient (Wildman–Crippen LogP) is -0.126. The van der Waals surface area contributed by atoms with Crippen LogP contribution in [0.25, 0.3) is 0 Å². The fourth-order valence-corrected chi connectivity index (χ4v) is 3.22. The molecule has 0 bridgehead atoms. The maximum atomic E-state index is 14.0. The fourth-order valence-electron chi connectivity index (χ4n) is 2.03. The Balaban J connectivity index is 2.06. The van der Waals surface area contributed by atoms with Gasteiger partial charge in [0.15, 0.2) is 11.3 Å². The highest BCUT2D eigenvalue weighted by Gasteiger charge is 2.49. The van der Waals surface area contributed by atoms with Gasteiger partial charge in [0.2, 0.25) is 0 Å². The minimum Gasteiger partial charge on any atom is -0.396 e. The summed E-state index contributed by atoms with van der Waals surface area (Å²) in [5.74, 6) is 0. The van der Waals surface area contributed by atoms with Gasteiger partial charge in [0.1, 0.15) is 11.5 Å². The van der Waals surface area contributed by atoms with Crippen LogP contribution in [0.2, 0.25) is 0 Å². The molecule has 2 rings (SSSR count). The van der Waals surface area contributed by atoms with E-state index in [-0.39, 0.29) is 18.5 Å². The van der Waals surface area contributed by atoms with Crippen molar-refractivity contribution in [2.24, 2.45) is 4.99 Å². The molecule has 3 N–H and O–H groups in total. The SMILES string of the molecule is CCN=C1N[C@@H]2[C@@H](F)[C@H](O)[C@@H](CCO)O[C@@H]2S1. The highest BCUT2D eigenvalue weighted by Crippen LogP contribution is 2.35. The van der Waals surface area contributed by atoms with Crippen molar-refractivity contribution >= 4 is 16.9 Å². The van der Waals surface area contributed by atoms with E-state index < -0.39 is 24.4 Å². The van der Waals surface area contributed by atoms with Gasteiger partial charge in [-0.25, -0.2) is 4.39 Å². The summed E-state index contributed by atoms with van der Waals surface area (Å²) in [4.78, 5) is 4.17. The lowest BCUT2D eigenvalue weighted by Gasteiger charge is -2.37. The lowest BCUT2D eigenvalue weighted by Crippen LogP contribution is -2.57. The highest BCUT2D eigenvalue weighted by atomic mass is 32.2. The number of nitrogens with one attached hydrogen (secondary N) is 1. The van der Waals surface area contributed by atoms with Crippen molar-refractivity contribution in [2.75, 3.05) is 13.2 Å².